The summed E-state index contributed by atoms with van der Waals surface area (Å²) in [6, 6.07) is 21.6. The number of thiazole rings is 1. The van der Waals surface area contributed by atoms with E-state index in [1.165, 1.54) is 62.0 Å². The van der Waals surface area contributed by atoms with E-state index < -0.39 is 0 Å². The molecule has 1 aromatic heterocycles. The summed E-state index contributed by atoms with van der Waals surface area (Å²) < 4.78 is 0. The van der Waals surface area contributed by atoms with Crippen LogP contribution in [0.15, 0.2) is 87.6 Å². The molecule has 41 heavy (non-hydrogen) atoms. The number of fused-ring (bicyclic) bond motifs is 2. The van der Waals surface area contributed by atoms with Gasteiger partial charge in [-0.3, -0.25) is 9.59 Å². The molecule has 6 nitrogen and oxygen atoms in total. The average molecular weight is 601 g/mol. The Morgan fingerprint density at radius 2 is 1.83 bits per heavy atom. The van der Waals surface area contributed by atoms with Crippen LogP contribution in [0.25, 0.3) is 10.6 Å². The van der Waals surface area contributed by atoms with Gasteiger partial charge in [0.15, 0.2) is 0 Å². The summed E-state index contributed by atoms with van der Waals surface area (Å²) in [5, 5.41) is 6.89. The molecule has 210 valence electrons. The summed E-state index contributed by atoms with van der Waals surface area (Å²) in [6.07, 6.45) is 7.14. The lowest BCUT2D eigenvalue weighted by molar-refractivity contribution is 0.0949. The van der Waals surface area contributed by atoms with Gasteiger partial charge in [0, 0.05) is 36.9 Å². The maximum absolute atomic E-state index is 13.0. The van der Waals surface area contributed by atoms with E-state index in [-0.39, 0.29) is 11.8 Å². The maximum atomic E-state index is 13.0. The van der Waals surface area contributed by atoms with Gasteiger partial charge in [0.25, 0.3) is 11.8 Å². The van der Waals surface area contributed by atoms with Crippen molar-refractivity contribution in [2.24, 2.45) is 0 Å². The summed E-state index contributed by atoms with van der Waals surface area (Å²) in [6.45, 7) is 4.13. The first-order chi connectivity index (χ1) is 20.1. The number of amides is 2. The highest BCUT2D eigenvalue weighted by Crippen LogP contribution is 2.39. The molecule has 3 aromatic carbocycles. The minimum Gasteiger partial charge on any atom is -0.347 e. The quantitative estimate of drug-likeness (QED) is 0.154. The van der Waals surface area contributed by atoms with Crippen LogP contribution in [0.5, 0.6) is 0 Å². The molecular weight excluding hydrogens is 569 g/mol. The van der Waals surface area contributed by atoms with Crippen LogP contribution in [0.4, 0.5) is 5.69 Å². The Kier molecular flexibility index (Phi) is 9.06. The molecule has 0 spiro atoms. The highest BCUT2D eigenvalue weighted by Gasteiger charge is 2.21. The smallest absolute Gasteiger partial charge is 0.256 e. The zero-order valence-electron chi connectivity index (χ0n) is 22.7. The first-order valence-corrected chi connectivity index (χ1v) is 16.6. The van der Waals surface area contributed by atoms with E-state index in [1.807, 2.05) is 48.3 Å². The van der Waals surface area contributed by atoms with E-state index >= 15 is 0 Å². The fourth-order valence-corrected chi connectivity index (χ4v) is 7.76. The lowest BCUT2D eigenvalue weighted by atomic mass is 10.1. The Labute approximate surface area is 253 Å². The summed E-state index contributed by atoms with van der Waals surface area (Å²) in [5.41, 5.74) is 2.87. The van der Waals surface area contributed by atoms with Crippen LogP contribution in [0.2, 0.25) is 0 Å². The molecule has 2 amide bonds. The molecule has 1 fully saturated rings. The summed E-state index contributed by atoms with van der Waals surface area (Å²) in [4.78, 5) is 36.9. The molecule has 2 aliphatic heterocycles. The number of hydrogen-bond donors (Lipinski definition) is 2. The van der Waals surface area contributed by atoms with Crippen LogP contribution in [0.3, 0.4) is 0 Å². The number of carbonyl (C=O) groups is 2. The Bertz CT molecular complexity index is 1530. The third-order valence-corrected chi connectivity index (χ3v) is 10.6. The third kappa shape index (κ3) is 7.04. The van der Waals surface area contributed by atoms with Crippen LogP contribution in [0, 0.1) is 0 Å². The molecule has 4 aromatic rings. The fraction of sp³-hybridized carbons (Fsp3) is 0.281. The van der Waals surface area contributed by atoms with Crippen LogP contribution >= 0.6 is 34.9 Å². The van der Waals surface area contributed by atoms with Gasteiger partial charge in [-0.25, -0.2) is 4.98 Å². The monoisotopic (exact) mass is 600 g/mol. The summed E-state index contributed by atoms with van der Waals surface area (Å²) >= 11 is 5.03. The van der Waals surface area contributed by atoms with Gasteiger partial charge in [0.1, 0.15) is 5.01 Å². The van der Waals surface area contributed by atoms with Gasteiger partial charge in [-0.15, -0.1) is 23.1 Å². The van der Waals surface area contributed by atoms with Gasteiger partial charge < -0.3 is 15.5 Å². The van der Waals surface area contributed by atoms with Crippen LogP contribution in [-0.2, 0) is 6.54 Å². The van der Waals surface area contributed by atoms with Crippen LogP contribution in [-0.4, -0.2) is 47.1 Å². The van der Waals surface area contributed by atoms with E-state index in [4.69, 9.17) is 0 Å². The van der Waals surface area contributed by atoms with Gasteiger partial charge in [-0.2, -0.15) is 0 Å². The van der Waals surface area contributed by atoms with Crippen molar-refractivity contribution < 1.29 is 9.59 Å². The molecular formula is C32H32N4O2S3. The zero-order valence-corrected chi connectivity index (χ0v) is 25.2. The molecule has 0 unspecified atom stereocenters. The Balaban J connectivity index is 1.00. The van der Waals surface area contributed by atoms with Gasteiger partial charge in [-0.1, -0.05) is 42.4 Å². The van der Waals surface area contributed by atoms with Gasteiger partial charge in [-0.05, 0) is 87.1 Å². The number of aromatic nitrogens is 1. The van der Waals surface area contributed by atoms with Crippen molar-refractivity contribution in [3.63, 3.8) is 0 Å². The number of nitrogens with one attached hydrogen (secondary N) is 2. The number of thioether (sulfide) groups is 1. The second-order valence-corrected chi connectivity index (χ2v) is 13.6. The van der Waals surface area contributed by atoms with Crippen molar-refractivity contribution in [2.75, 3.05) is 30.7 Å². The lowest BCUT2D eigenvalue weighted by Gasteiger charge is -2.26. The molecule has 3 heterocycles. The molecule has 1 saturated heterocycles. The van der Waals surface area contributed by atoms with Crippen molar-refractivity contribution in [3.8, 4) is 10.6 Å². The molecule has 2 N–H and O–H groups in total. The summed E-state index contributed by atoms with van der Waals surface area (Å²) in [7, 11) is 0. The van der Waals surface area contributed by atoms with E-state index in [9.17, 15) is 9.59 Å². The normalized spacial score (nSPS) is 15.0. The fourth-order valence-electron chi connectivity index (χ4n) is 5.06. The maximum Gasteiger partial charge on any atom is 0.256 e. The molecule has 0 atom stereocenters. The highest BCUT2D eigenvalue weighted by atomic mass is 32.2. The predicted molar refractivity (Wildman–Crippen MR) is 169 cm³/mol. The second-order valence-electron chi connectivity index (χ2n) is 10.2. The first-order valence-electron chi connectivity index (χ1n) is 14.0. The van der Waals surface area contributed by atoms with Crippen molar-refractivity contribution >= 4 is 52.4 Å². The van der Waals surface area contributed by atoms with Crippen LogP contribution in [0.1, 0.15) is 51.3 Å². The number of piperidine rings is 1. The largest absolute Gasteiger partial charge is 0.347 e. The predicted octanol–water partition coefficient (Wildman–Crippen LogP) is 7.43. The Morgan fingerprint density at radius 3 is 2.68 bits per heavy atom. The number of benzene rings is 3. The van der Waals surface area contributed by atoms with E-state index in [0.29, 0.717) is 23.4 Å². The number of nitrogens with zero attached hydrogens (tertiary/aromatic N) is 2. The van der Waals surface area contributed by atoms with Crippen molar-refractivity contribution in [1.82, 2.24) is 15.2 Å². The molecule has 0 aliphatic carbocycles. The number of likely N-dealkylation sites (tertiary alicyclic amines) is 1. The van der Waals surface area contributed by atoms with Gasteiger partial charge >= 0.3 is 0 Å². The Morgan fingerprint density at radius 1 is 1.00 bits per heavy atom. The van der Waals surface area contributed by atoms with Crippen molar-refractivity contribution in [1.29, 1.82) is 0 Å². The average Bonchev–Trinajstić information content (AvgIpc) is 3.43. The highest BCUT2D eigenvalue weighted by molar-refractivity contribution is 7.99. The zero-order chi connectivity index (χ0) is 28.0. The SMILES string of the molecule is O=C(NCc1cnc(-c2ccc(SCCCN3CCCCC3)cc2)s1)c1ccc2c(c1)NC(=O)c1ccccc1S2. The number of hydrogen-bond acceptors (Lipinski definition) is 7. The van der Waals surface area contributed by atoms with E-state index in [0.717, 1.165) is 31.0 Å². The molecule has 2 aliphatic rings. The topological polar surface area (TPSA) is 74.3 Å². The molecule has 0 bridgehead atoms. The standard InChI is InChI=1S/C32H32N4O2S3/c37-30(23-11-14-29-27(19-23)35-31(38)26-7-2-3-8-28(26)41-29)33-20-25-21-34-32(40-25)22-9-12-24(13-10-22)39-18-6-17-36-15-4-1-5-16-36/h2-3,7-14,19,21H,1,4-6,15-18,20H2,(H,33,37)(H,35,38). The number of carbonyl (C=O) groups excluding carboxylic acids is 2. The Hall–Kier alpha value is -3.11. The lowest BCUT2D eigenvalue weighted by Crippen LogP contribution is -2.30. The first kappa shape index (κ1) is 28.0. The molecule has 0 radical (unpaired) electrons. The van der Waals surface area contributed by atoms with Gasteiger partial charge in [0.2, 0.25) is 0 Å². The van der Waals surface area contributed by atoms with E-state index in [1.54, 1.807) is 23.5 Å². The van der Waals surface area contributed by atoms with Crippen molar-refractivity contribution in [3.05, 3.63) is 88.9 Å². The van der Waals surface area contributed by atoms with Crippen molar-refractivity contribution in [2.45, 2.75) is 46.9 Å². The van der Waals surface area contributed by atoms with Gasteiger partial charge in [0.05, 0.1) is 17.8 Å². The molecule has 9 heteroatoms. The van der Waals surface area contributed by atoms with Crippen LogP contribution < -0.4 is 10.6 Å². The minimum atomic E-state index is -0.189. The second kappa shape index (κ2) is 13.2. The third-order valence-electron chi connectivity index (χ3n) is 7.26. The number of rotatable bonds is 9. The number of anilines is 1. The summed E-state index contributed by atoms with van der Waals surface area (Å²) in [5.74, 6) is 0.784. The molecule has 0 saturated carbocycles. The van der Waals surface area contributed by atoms with E-state index in [2.05, 4.69) is 44.8 Å². The minimum absolute atomic E-state index is 0.166. The molecule has 6 rings (SSSR count).